The highest BCUT2D eigenvalue weighted by Gasteiger charge is 2.11. The Kier molecular flexibility index (Phi) is 6.90. The molecular weight excluding hydrogens is 445 g/mol. The van der Waals surface area contributed by atoms with Crippen molar-refractivity contribution in [2.45, 2.75) is 6.61 Å². The van der Waals surface area contributed by atoms with E-state index in [9.17, 15) is 4.79 Å². The fraction of sp³-hybridized carbons (Fsp3) is 0.0400. The summed E-state index contributed by atoms with van der Waals surface area (Å²) in [4.78, 5) is 12.6. The topological polar surface area (TPSA) is 55.6 Å². The third kappa shape index (κ3) is 5.38. The summed E-state index contributed by atoms with van der Waals surface area (Å²) in [5.41, 5.74) is 5.57. The van der Waals surface area contributed by atoms with Gasteiger partial charge in [0.25, 0.3) is 5.91 Å². The standard InChI is InChI=1S/C25H19Cl2N3O2/c26-20-10-7-18(8-11-20)17-32-24-12-9-19(15-22(24)27)16-28-29-25(31)21-5-1-2-6-23(21)30-13-3-4-14-30/h1-16H,17H2,(H,29,31)/b28-16-. The monoisotopic (exact) mass is 463 g/mol. The molecule has 0 aliphatic rings. The molecule has 0 aliphatic heterocycles. The van der Waals surface area contributed by atoms with Crippen LogP contribution in [0.4, 0.5) is 0 Å². The van der Waals surface area contributed by atoms with E-state index < -0.39 is 0 Å². The molecule has 0 radical (unpaired) electrons. The van der Waals surface area contributed by atoms with Gasteiger partial charge in [-0.05, 0) is 65.7 Å². The van der Waals surface area contributed by atoms with Gasteiger partial charge in [0.1, 0.15) is 12.4 Å². The molecule has 1 N–H and O–H groups in total. The zero-order valence-electron chi connectivity index (χ0n) is 16.9. The molecule has 1 aromatic heterocycles. The molecule has 1 amide bonds. The highest BCUT2D eigenvalue weighted by Crippen LogP contribution is 2.26. The number of hydrogen-bond donors (Lipinski definition) is 1. The number of amides is 1. The maximum Gasteiger partial charge on any atom is 0.273 e. The average Bonchev–Trinajstić information content (AvgIpc) is 3.34. The van der Waals surface area contributed by atoms with Gasteiger partial charge in [-0.25, -0.2) is 5.43 Å². The van der Waals surface area contributed by atoms with Crippen molar-refractivity contribution in [3.63, 3.8) is 0 Å². The molecule has 0 spiro atoms. The van der Waals surface area contributed by atoms with E-state index in [-0.39, 0.29) is 5.91 Å². The first-order valence-corrected chi connectivity index (χ1v) is 10.6. The number of para-hydroxylation sites is 1. The van der Waals surface area contributed by atoms with E-state index in [4.69, 9.17) is 27.9 Å². The summed E-state index contributed by atoms with van der Waals surface area (Å²) in [5, 5.41) is 5.19. The largest absolute Gasteiger partial charge is 0.487 e. The Labute approximate surface area is 195 Å². The predicted octanol–water partition coefficient (Wildman–Crippen LogP) is 6.13. The Hall–Kier alpha value is -3.54. The normalized spacial score (nSPS) is 10.9. The number of nitrogens with one attached hydrogen (secondary N) is 1. The van der Waals surface area contributed by atoms with Crippen molar-refractivity contribution in [3.05, 3.63) is 118 Å². The van der Waals surface area contributed by atoms with Crippen LogP contribution in [0.2, 0.25) is 10.0 Å². The zero-order valence-corrected chi connectivity index (χ0v) is 18.4. The molecule has 4 rings (SSSR count). The molecule has 0 fully saturated rings. The van der Waals surface area contributed by atoms with Gasteiger partial charge in [0, 0.05) is 17.4 Å². The minimum absolute atomic E-state index is 0.306. The second-order valence-electron chi connectivity index (χ2n) is 6.91. The summed E-state index contributed by atoms with van der Waals surface area (Å²) < 4.78 is 7.65. The van der Waals surface area contributed by atoms with Crippen LogP contribution < -0.4 is 10.2 Å². The lowest BCUT2D eigenvalue weighted by Crippen LogP contribution is -2.19. The van der Waals surface area contributed by atoms with Crippen molar-refractivity contribution in [1.29, 1.82) is 0 Å². The molecule has 0 atom stereocenters. The second-order valence-corrected chi connectivity index (χ2v) is 7.76. The molecule has 5 nitrogen and oxygen atoms in total. The molecule has 0 unspecified atom stereocenters. The van der Waals surface area contributed by atoms with E-state index in [1.165, 1.54) is 6.21 Å². The average molecular weight is 464 g/mol. The summed E-state index contributed by atoms with van der Waals surface area (Å²) in [6.45, 7) is 0.376. The van der Waals surface area contributed by atoms with Gasteiger partial charge >= 0.3 is 0 Å². The van der Waals surface area contributed by atoms with E-state index in [0.717, 1.165) is 16.8 Å². The van der Waals surface area contributed by atoms with E-state index in [2.05, 4.69) is 10.5 Å². The lowest BCUT2D eigenvalue weighted by Gasteiger charge is -2.09. The van der Waals surface area contributed by atoms with E-state index in [0.29, 0.717) is 28.0 Å². The van der Waals surface area contributed by atoms with Crippen LogP contribution >= 0.6 is 23.2 Å². The van der Waals surface area contributed by atoms with Gasteiger partial charge < -0.3 is 9.30 Å². The number of halogens is 2. The number of aromatic nitrogens is 1. The minimum atomic E-state index is -0.306. The summed E-state index contributed by atoms with van der Waals surface area (Å²) in [6, 6.07) is 23.9. The Bertz CT molecular complexity index is 1240. The fourth-order valence-corrected chi connectivity index (χ4v) is 3.44. The van der Waals surface area contributed by atoms with Gasteiger partial charge in [-0.15, -0.1) is 0 Å². The third-order valence-corrected chi connectivity index (χ3v) is 5.22. The second kappa shape index (κ2) is 10.2. The molecule has 0 aliphatic carbocycles. The predicted molar refractivity (Wildman–Crippen MR) is 128 cm³/mol. The molecule has 0 bridgehead atoms. The van der Waals surface area contributed by atoms with Gasteiger partial charge in [-0.3, -0.25) is 4.79 Å². The van der Waals surface area contributed by atoms with Gasteiger partial charge in [-0.1, -0.05) is 47.5 Å². The van der Waals surface area contributed by atoms with Gasteiger partial charge in [0.15, 0.2) is 0 Å². The Morgan fingerprint density at radius 2 is 1.72 bits per heavy atom. The highest BCUT2D eigenvalue weighted by atomic mass is 35.5. The van der Waals surface area contributed by atoms with Crippen molar-refractivity contribution in [1.82, 2.24) is 9.99 Å². The molecule has 32 heavy (non-hydrogen) atoms. The first-order chi connectivity index (χ1) is 15.6. The van der Waals surface area contributed by atoms with Crippen LogP contribution in [0.15, 0.2) is 96.4 Å². The molecule has 0 saturated heterocycles. The molecular formula is C25H19Cl2N3O2. The van der Waals surface area contributed by atoms with Crippen molar-refractivity contribution in [2.75, 3.05) is 0 Å². The van der Waals surface area contributed by atoms with Gasteiger partial charge in [0.2, 0.25) is 0 Å². The highest BCUT2D eigenvalue weighted by molar-refractivity contribution is 6.32. The molecule has 7 heteroatoms. The van der Waals surface area contributed by atoms with Crippen LogP contribution in [0.1, 0.15) is 21.5 Å². The van der Waals surface area contributed by atoms with Crippen LogP contribution in [-0.4, -0.2) is 16.7 Å². The Morgan fingerprint density at radius 3 is 2.47 bits per heavy atom. The van der Waals surface area contributed by atoms with Crippen molar-refractivity contribution < 1.29 is 9.53 Å². The van der Waals surface area contributed by atoms with Gasteiger partial charge in [-0.2, -0.15) is 5.10 Å². The number of hydrazone groups is 1. The zero-order chi connectivity index (χ0) is 22.3. The number of hydrogen-bond acceptors (Lipinski definition) is 3. The van der Waals surface area contributed by atoms with Crippen molar-refractivity contribution >= 4 is 35.3 Å². The first kappa shape index (κ1) is 21.7. The summed E-state index contributed by atoms with van der Waals surface area (Å²) in [5.74, 6) is 0.253. The van der Waals surface area contributed by atoms with Crippen LogP contribution in [-0.2, 0) is 6.61 Å². The first-order valence-electron chi connectivity index (χ1n) is 9.83. The number of carbonyl (C=O) groups is 1. The lowest BCUT2D eigenvalue weighted by molar-refractivity contribution is 0.0955. The number of carbonyl (C=O) groups excluding carboxylic acids is 1. The van der Waals surface area contributed by atoms with Gasteiger partial charge in [0.05, 0.1) is 22.5 Å². The number of ether oxygens (including phenoxy) is 1. The summed E-state index contributed by atoms with van der Waals surface area (Å²) in [7, 11) is 0. The maximum absolute atomic E-state index is 12.6. The fourth-order valence-electron chi connectivity index (χ4n) is 3.07. The Balaban J connectivity index is 1.38. The smallest absolute Gasteiger partial charge is 0.273 e. The lowest BCUT2D eigenvalue weighted by atomic mass is 10.1. The van der Waals surface area contributed by atoms with Crippen LogP contribution in [0.3, 0.4) is 0 Å². The summed E-state index contributed by atoms with van der Waals surface area (Å²) >= 11 is 12.2. The van der Waals surface area contributed by atoms with Crippen LogP contribution in [0.25, 0.3) is 5.69 Å². The van der Waals surface area contributed by atoms with Crippen LogP contribution in [0.5, 0.6) is 5.75 Å². The molecule has 0 saturated carbocycles. The molecule has 160 valence electrons. The maximum atomic E-state index is 12.6. The minimum Gasteiger partial charge on any atom is -0.487 e. The molecule has 4 aromatic rings. The van der Waals surface area contributed by atoms with E-state index >= 15 is 0 Å². The third-order valence-electron chi connectivity index (χ3n) is 4.67. The SMILES string of the molecule is O=C(N/N=C\c1ccc(OCc2ccc(Cl)cc2)c(Cl)c1)c1ccccc1-n1cccc1. The van der Waals surface area contributed by atoms with Crippen molar-refractivity contribution in [2.24, 2.45) is 5.10 Å². The number of benzene rings is 3. The van der Waals surface area contributed by atoms with Crippen molar-refractivity contribution in [3.8, 4) is 11.4 Å². The quantitative estimate of drug-likeness (QED) is 0.264. The number of nitrogens with zero attached hydrogens (tertiary/aromatic N) is 2. The Morgan fingerprint density at radius 1 is 0.969 bits per heavy atom. The number of rotatable bonds is 7. The molecule has 3 aromatic carbocycles. The molecule has 1 heterocycles. The van der Waals surface area contributed by atoms with E-state index in [1.54, 1.807) is 18.2 Å². The van der Waals surface area contributed by atoms with E-state index in [1.807, 2.05) is 77.6 Å². The van der Waals surface area contributed by atoms with Crippen LogP contribution in [0, 0.1) is 0 Å². The summed E-state index contributed by atoms with van der Waals surface area (Å²) in [6.07, 6.45) is 5.30.